The van der Waals surface area contributed by atoms with E-state index in [1.807, 2.05) is 30.3 Å². The second-order valence-electron chi connectivity index (χ2n) is 4.97. The summed E-state index contributed by atoms with van der Waals surface area (Å²) in [4.78, 5) is 40.4. The van der Waals surface area contributed by atoms with E-state index in [0.29, 0.717) is 19.3 Å². The van der Waals surface area contributed by atoms with E-state index in [2.05, 4.69) is 0 Å². The van der Waals surface area contributed by atoms with Crippen molar-refractivity contribution in [2.75, 3.05) is 13.7 Å². The number of aryl methyl sites for hydroxylation is 1. The van der Waals surface area contributed by atoms with Gasteiger partial charge in [0.25, 0.3) is 0 Å². The Bertz CT molecular complexity index is 490. The van der Waals surface area contributed by atoms with Gasteiger partial charge in [-0.25, -0.2) is 5.06 Å². The Morgan fingerprint density at radius 2 is 1.77 bits per heavy atom. The Balaban J connectivity index is 2.81. The zero-order chi connectivity index (χ0) is 16.5. The summed E-state index contributed by atoms with van der Waals surface area (Å²) in [6, 6.07) is 9.40. The third-order valence-corrected chi connectivity index (χ3v) is 3.44. The second kappa shape index (κ2) is 8.94. The lowest BCUT2D eigenvalue weighted by molar-refractivity contribution is -0.178. The highest BCUT2D eigenvalue weighted by molar-refractivity contribution is 5.92. The van der Waals surface area contributed by atoms with Crippen LogP contribution in [0.15, 0.2) is 30.3 Å². The summed E-state index contributed by atoms with van der Waals surface area (Å²) in [6.07, 6.45) is 1.85. The highest BCUT2D eigenvalue weighted by Gasteiger charge is 2.24. The highest BCUT2D eigenvalue weighted by atomic mass is 16.7. The summed E-state index contributed by atoms with van der Waals surface area (Å²) in [5, 5.41) is 1.14. The van der Waals surface area contributed by atoms with E-state index in [9.17, 15) is 14.4 Å². The van der Waals surface area contributed by atoms with Crippen LogP contribution in [-0.4, -0.2) is 47.9 Å². The maximum absolute atomic E-state index is 11.6. The quantitative estimate of drug-likeness (QED) is 0.538. The number of benzene rings is 1. The van der Waals surface area contributed by atoms with E-state index in [-0.39, 0.29) is 18.4 Å². The van der Waals surface area contributed by atoms with Crippen LogP contribution in [0.25, 0.3) is 0 Å². The van der Waals surface area contributed by atoms with Gasteiger partial charge >= 0.3 is 0 Å². The fourth-order valence-corrected chi connectivity index (χ4v) is 2.24. The maximum atomic E-state index is 11.6. The largest absolute Gasteiger partial charge is 0.281 e. The SMILES string of the molecule is CON(C=O)C(CCc1ccccc1)CN(C(C)=O)C(C)=O. The second-order valence-corrected chi connectivity index (χ2v) is 4.97. The molecule has 120 valence electrons. The van der Waals surface area contributed by atoms with Gasteiger partial charge < -0.3 is 0 Å². The van der Waals surface area contributed by atoms with Gasteiger partial charge in [-0.05, 0) is 18.4 Å². The van der Waals surface area contributed by atoms with Crippen LogP contribution in [0.2, 0.25) is 0 Å². The van der Waals surface area contributed by atoms with Crippen molar-refractivity contribution < 1.29 is 19.2 Å². The van der Waals surface area contributed by atoms with Gasteiger partial charge in [0.2, 0.25) is 18.2 Å². The number of carbonyl (C=O) groups is 3. The van der Waals surface area contributed by atoms with Gasteiger partial charge in [-0.15, -0.1) is 0 Å². The van der Waals surface area contributed by atoms with Crippen LogP contribution in [0, 0.1) is 0 Å². The van der Waals surface area contributed by atoms with Crippen LogP contribution < -0.4 is 0 Å². The summed E-state index contributed by atoms with van der Waals surface area (Å²) >= 11 is 0. The minimum Gasteiger partial charge on any atom is -0.281 e. The fraction of sp³-hybridized carbons (Fsp3) is 0.438. The molecule has 6 nitrogen and oxygen atoms in total. The number of hydroxylamine groups is 2. The first-order chi connectivity index (χ1) is 10.5. The van der Waals surface area contributed by atoms with E-state index < -0.39 is 6.04 Å². The molecule has 22 heavy (non-hydrogen) atoms. The first kappa shape index (κ1) is 17.8. The predicted octanol–water partition coefficient (Wildman–Crippen LogP) is 1.40. The van der Waals surface area contributed by atoms with Crippen LogP contribution >= 0.6 is 0 Å². The standard InChI is InChI=1S/C16H22N2O4/c1-13(20)17(14(2)21)11-16(18(12-19)22-3)10-9-15-7-5-4-6-8-15/h4-8,12,16H,9-11H2,1-3H3. The molecule has 0 N–H and O–H groups in total. The van der Waals surface area contributed by atoms with Crippen LogP contribution in [0.4, 0.5) is 0 Å². The molecule has 6 heteroatoms. The van der Waals surface area contributed by atoms with Crippen LogP contribution in [-0.2, 0) is 25.6 Å². The zero-order valence-corrected chi connectivity index (χ0v) is 13.2. The smallest absolute Gasteiger partial charge is 0.233 e. The lowest BCUT2D eigenvalue weighted by atomic mass is 10.0. The molecule has 0 spiro atoms. The average molecular weight is 306 g/mol. The molecule has 0 aliphatic carbocycles. The van der Waals surface area contributed by atoms with E-state index in [4.69, 9.17) is 4.84 Å². The number of rotatable bonds is 8. The number of carbonyl (C=O) groups excluding carboxylic acids is 3. The Morgan fingerprint density at radius 3 is 2.23 bits per heavy atom. The summed E-state index contributed by atoms with van der Waals surface area (Å²) in [7, 11) is 1.38. The van der Waals surface area contributed by atoms with Crippen molar-refractivity contribution in [3.8, 4) is 0 Å². The summed E-state index contributed by atoms with van der Waals surface area (Å²) in [6.45, 7) is 2.77. The van der Waals surface area contributed by atoms with Crippen LogP contribution in [0.3, 0.4) is 0 Å². The van der Waals surface area contributed by atoms with Crippen molar-refractivity contribution in [2.45, 2.75) is 32.7 Å². The van der Waals surface area contributed by atoms with Crippen molar-refractivity contribution in [2.24, 2.45) is 0 Å². The number of hydrogen-bond acceptors (Lipinski definition) is 4. The highest BCUT2D eigenvalue weighted by Crippen LogP contribution is 2.11. The van der Waals surface area contributed by atoms with E-state index >= 15 is 0 Å². The van der Waals surface area contributed by atoms with Gasteiger partial charge in [-0.2, -0.15) is 0 Å². The van der Waals surface area contributed by atoms with Gasteiger partial charge in [0.15, 0.2) is 0 Å². The van der Waals surface area contributed by atoms with Crippen molar-refractivity contribution in [1.29, 1.82) is 0 Å². The molecule has 0 bridgehead atoms. The topological polar surface area (TPSA) is 66.9 Å². The van der Waals surface area contributed by atoms with Crippen molar-refractivity contribution >= 4 is 18.2 Å². The van der Waals surface area contributed by atoms with Crippen molar-refractivity contribution in [3.05, 3.63) is 35.9 Å². The maximum Gasteiger partial charge on any atom is 0.233 e. The Morgan fingerprint density at radius 1 is 1.18 bits per heavy atom. The zero-order valence-electron chi connectivity index (χ0n) is 13.2. The van der Waals surface area contributed by atoms with Crippen molar-refractivity contribution in [3.63, 3.8) is 0 Å². The summed E-state index contributed by atoms with van der Waals surface area (Å²) in [5.41, 5.74) is 1.12. The molecule has 1 rings (SSSR count). The summed E-state index contributed by atoms with van der Waals surface area (Å²) < 4.78 is 0. The molecule has 0 fully saturated rings. The van der Waals surface area contributed by atoms with E-state index in [0.717, 1.165) is 15.5 Å². The molecule has 0 saturated carbocycles. The third kappa shape index (κ3) is 5.29. The minimum absolute atomic E-state index is 0.115. The van der Waals surface area contributed by atoms with Gasteiger partial charge in [0.05, 0.1) is 19.7 Å². The first-order valence-corrected chi connectivity index (χ1v) is 7.10. The Hall–Kier alpha value is -2.21. The molecule has 3 amide bonds. The van der Waals surface area contributed by atoms with Gasteiger partial charge in [0.1, 0.15) is 0 Å². The number of nitrogens with zero attached hydrogens (tertiary/aromatic N) is 2. The third-order valence-electron chi connectivity index (χ3n) is 3.44. The molecule has 1 aromatic rings. The number of imide groups is 1. The Labute approximate surface area is 130 Å². The minimum atomic E-state index is -0.393. The molecule has 0 heterocycles. The Kier molecular flexibility index (Phi) is 7.25. The summed E-state index contributed by atoms with van der Waals surface area (Å²) in [5.74, 6) is -0.696. The van der Waals surface area contributed by atoms with Crippen LogP contribution in [0.5, 0.6) is 0 Å². The lowest BCUT2D eigenvalue weighted by Gasteiger charge is -2.30. The van der Waals surface area contributed by atoms with E-state index in [1.165, 1.54) is 21.0 Å². The molecule has 0 aliphatic rings. The molecule has 1 atom stereocenters. The molecule has 1 aromatic carbocycles. The van der Waals surface area contributed by atoms with Gasteiger partial charge in [-0.3, -0.25) is 24.1 Å². The van der Waals surface area contributed by atoms with Gasteiger partial charge in [0, 0.05) is 13.8 Å². The molecule has 0 saturated heterocycles. The molecule has 1 unspecified atom stereocenters. The fourth-order valence-electron chi connectivity index (χ4n) is 2.24. The monoisotopic (exact) mass is 306 g/mol. The van der Waals surface area contributed by atoms with Crippen LogP contribution in [0.1, 0.15) is 25.8 Å². The normalized spacial score (nSPS) is 11.6. The van der Waals surface area contributed by atoms with Gasteiger partial charge in [-0.1, -0.05) is 30.3 Å². The number of hydrogen-bond donors (Lipinski definition) is 0. The lowest BCUT2D eigenvalue weighted by Crippen LogP contribution is -2.46. The molecular weight excluding hydrogens is 284 g/mol. The van der Waals surface area contributed by atoms with Crippen molar-refractivity contribution in [1.82, 2.24) is 9.96 Å². The van der Waals surface area contributed by atoms with E-state index in [1.54, 1.807) is 0 Å². The first-order valence-electron chi connectivity index (χ1n) is 7.10. The predicted molar refractivity (Wildman–Crippen MR) is 81.5 cm³/mol. The molecule has 0 aliphatic heterocycles. The molecular formula is C16H22N2O4. The number of amides is 3. The molecule has 0 radical (unpaired) electrons. The molecule has 0 aromatic heterocycles. The average Bonchev–Trinajstić information content (AvgIpc) is 2.50.